The van der Waals surface area contributed by atoms with Crippen LogP contribution in [0.1, 0.15) is 59.3 Å². The molecule has 1 heterocycles. The Morgan fingerprint density at radius 1 is 1.19 bits per heavy atom. The molecule has 16 heavy (non-hydrogen) atoms. The summed E-state index contributed by atoms with van der Waals surface area (Å²) in [6.45, 7) is 10.8. The number of hydrogen-bond donors (Lipinski definition) is 1. The van der Waals surface area contributed by atoms with Crippen LogP contribution in [-0.4, -0.2) is 35.6 Å². The maximum atomic E-state index is 3.80. The lowest BCUT2D eigenvalue weighted by Crippen LogP contribution is -2.63. The summed E-state index contributed by atoms with van der Waals surface area (Å²) in [6, 6.07) is 0. The van der Waals surface area contributed by atoms with Gasteiger partial charge in [-0.2, -0.15) is 0 Å². The van der Waals surface area contributed by atoms with Crippen molar-refractivity contribution in [2.24, 2.45) is 0 Å². The summed E-state index contributed by atoms with van der Waals surface area (Å²) < 4.78 is 0. The Morgan fingerprint density at radius 2 is 1.81 bits per heavy atom. The van der Waals surface area contributed by atoms with Crippen molar-refractivity contribution in [3.05, 3.63) is 0 Å². The fraction of sp³-hybridized carbons (Fsp3) is 1.00. The predicted octanol–water partition coefficient (Wildman–Crippen LogP) is 2.78. The summed E-state index contributed by atoms with van der Waals surface area (Å²) >= 11 is 0. The molecule has 1 spiro atoms. The Balaban J connectivity index is 2.06. The van der Waals surface area contributed by atoms with Gasteiger partial charge in [0.15, 0.2) is 0 Å². The normalized spacial score (nSPS) is 26.4. The van der Waals surface area contributed by atoms with Gasteiger partial charge in [0.05, 0.1) is 0 Å². The minimum absolute atomic E-state index is 0.428. The first-order valence-corrected chi connectivity index (χ1v) is 7.14. The first-order chi connectivity index (χ1) is 7.64. The summed E-state index contributed by atoms with van der Waals surface area (Å²) in [4.78, 5) is 2.76. The Kier molecular flexibility index (Phi) is 3.60. The fourth-order valence-corrected chi connectivity index (χ4v) is 3.50. The van der Waals surface area contributed by atoms with Crippen molar-refractivity contribution >= 4 is 0 Å². The van der Waals surface area contributed by atoms with Gasteiger partial charge in [0, 0.05) is 30.7 Å². The quantitative estimate of drug-likeness (QED) is 0.793. The number of nitrogens with zero attached hydrogens (tertiary/aromatic N) is 1. The molecule has 0 amide bonds. The zero-order valence-corrected chi connectivity index (χ0v) is 11.3. The number of rotatable bonds is 3. The number of nitrogens with one attached hydrogen (secondary N) is 1. The highest BCUT2D eigenvalue weighted by molar-refractivity contribution is 5.01. The van der Waals surface area contributed by atoms with Crippen LogP contribution in [0.5, 0.6) is 0 Å². The van der Waals surface area contributed by atoms with Crippen LogP contribution in [-0.2, 0) is 0 Å². The molecule has 0 atom stereocenters. The van der Waals surface area contributed by atoms with Crippen LogP contribution in [0.3, 0.4) is 0 Å². The van der Waals surface area contributed by atoms with E-state index in [1.807, 2.05) is 0 Å². The van der Waals surface area contributed by atoms with Gasteiger partial charge in [-0.3, -0.25) is 4.90 Å². The maximum absolute atomic E-state index is 3.80. The molecule has 2 rings (SSSR count). The van der Waals surface area contributed by atoms with E-state index in [1.165, 1.54) is 58.2 Å². The minimum atomic E-state index is 0.428. The smallest absolute Gasteiger partial charge is 0.0309 e. The Morgan fingerprint density at radius 3 is 2.38 bits per heavy atom. The Bertz CT molecular complexity index is 227. The van der Waals surface area contributed by atoms with E-state index in [0.29, 0.717) is 11.1 Å². The van der Waals surface area contributed by atoms with Crippen LogP contribution in [0.15, 0.2) is 0 Å². The zero-order valence-electron chi connectivity index (χ0n) is 11.3. The van der Waals surface area contributed by atoms with Gasteiger partial charge in [-0.25, -0.2) is 0 Å². The molecule has 1 aliphatic heterocycles. The van der Waals surface area contributed by atoms with E-state index < -0.39 is 0 Å². The molecule has 0 aromatic carbocycles. The third-order valence-corrected chi connectivity index (χ3v) is 5.22. The molecule has 1 N–H and O–H groups in total. The average molecular weight is 224 g/mol. The van der Waals surface area contributed by atoms with Crippen LogP contribution >= 0.6 is 0 Å². The highest BCUT2D eigenvalue weighted by Gasteiger charge is 2.41. The van der Waals surface area contributed by atoms with Crippen molar-refractivity contribution in [3.63, 3.8) is 0 Å². The average Bonchev–Trinajstić information content (AvgIpc) is 2.76. The van der Waals surface area contributed by atoms with Gasteiger partial charge in [-0.15, -0.1) is 0 Å². The van der Waals surface area contributed by atoms with E-state index in [-0.39, 0.29) is 0 Å². The monoisotopic (exact) mass is 224 g/mol. The molecule has 0 unspecified atom stereocenters. The lowest BCUT2D eigenvalue weighted by atomic mass is 9.87. The van der Waals surface area contributed by atoms with E-state index in [9.17, 15) is 0 Å². The largest absolute Gasteiger partial charge is 0.309 e. The van der Waals surface area contributed by atoms with Crippen LogP contribution in [0, 0.1) is 0 Å². The minimum Gasteiger partial charge on any atom is -0.309 e. The topological polar surface area (TPSA) is 15.3 Å². The van der Waals surface area contributed by atoms with Gasteiger partial charge in [0.25, 0.3) is 0 Å². The van der Waals surface area contributed by atoms with Crippen molar-refractivity contribution in [3.8, 4) is 0 Å². The second kappa shape index (κ2) is 4.66. The van der Waals surface area contributed by atoms with Crippen molar-refractivity contribution in [1.82, 2.24) is 10.2 Å². The molecule has 2 fully saturated rings. The molecule has 0 bridgehead atoms. The molecule has 2 heteroatoms. The molecule has 1 saturated heterocycles. The summed E-state index contributed by atoms with van der Waals surface area (Å²) in [5.74, 6) is 0. The third kappa shape index (κ3) is 2.14. The van der Waals surface area contributed by atoms with E-state index in [1.54, 1.807) is 0 Å². The number of piperazine rings is 1. The van der Waals surface area contributed by atoms with E-state index >= 15 is 0 Å². The SMILES string of the molecule is CCC(C)(CC)N1CCNC2(CCCC2)C1. The van der Waals surface area contributed by atoms with Crippen molar-refractivity contribution in [2.75, 3.05) is 19.6 Å². The maximum Gasteiger partial charge on any atom is 0.0309 e. The van der Waals surface area contributed by atoms with Gasteiger partial charge < -0.3 is 5.32 Å². The van der Waals surface area contributed by atoms with E-state index in [2.05, 4.69) is 31.0 Å². The van der Waals surface area contributed by atoms with E-state index in [0.717, 1.165) is 0 Å². The molecule has 0 aromatic rings. The summed E-state index contributed by atoms with van der Waals surface area (Å²) in [5.41, 5.74) is 0.904. The standard InChI is InChI=1S/C14H28N2/c1-4-13(3,5-2)16-11-10-15-14(12-16)8-6-7-9-14/h15H,4-12H2,1-3H3. The molecular weight excluding hydrogens is 196 g/mol. The highest BCUT2D eigenvalue weighted by Crippen LogP contribution is 2.35. The van der Waals surface area contributed by atoms with Crippen molar-refractivity contribution in [2.45, 2.75) is 70.4 Å². The van der Waals surface area contributed by atoms with Gasteiger partial charge in [-0.05, 0) is 32.6 Å². The molecule has 2 aliphatic rings. The van der Waals surface area contributed by atoms with Crippen LogP contribution in [0.25, 0.3) is 0 Å². The van der Waals surface area contributed by atoms with Crippen molar-refractivity contribution in [1.29, 1.82) is 0 Å². The highest BCUT2D eigenvalue weighted by atomic mass is 15.3. The predicted molar refractivity (Wildman–Crippen MR) is 69.8 cm³/mol. The summed E-state index contributed by atoms with van der Waals surface area (Å²) in [7, 11) is 0. The molecule has 1 aliphatic carbocycles. The molecular formula is C14H28N2. The molecule has 0 radical (unpaired) electrons. The Hall–Kier alpha value is -0.0800. The third-order valence-electron chi connectivity index (χ3n) is 5.22. The lowest BCUT2D eigenvalue weighted by Gasteiger charge is -2.49. The second-order valence-electron chi connectivity index (χ2n) is 6.04. The second-order valence-corrected chi connectivity index (χ2v) is 6.04. The van der Waals surface area contributed by atoms with Crippen LogP contribution < -0.4 is 5.32 Å². The van der Waals surface area contributed by atoms with Gasteiger partial charge >= 0.3 is 0 Å². The van der Waals surface area contributed by atoms with Crippen molar-refractivity contribution < 1.29 is 0 Å². The molecule has 2 nitrogen and oxygen atoms in total. The summed E-state index contributed by atoms with van der Waals surface area (Å²) in [5, 5.41) is 3.80. The van der Waals surface area contributed by atoms with E-state index in [4.69, 9.17) is 0 Å². The van der Waals surface area contributed by atoms with Crippen LogP contribution in [0.2, 0.25) is 0 Å². The lowest BCUT2D eigenvalue weighted by molar-refractivity contribution is 0.0315. The van der Waals surface area contributed by atoms with Gasteiger partial charge in [0.1, 0.15) is 0 Å². The first-order valence-electron chi connectivity index (χ1n) is 7.14. The molecule has 1 saturated carbocycles. The molecule has 94 valence electrons. The van der Waals surface area contributed by atoms with Gasteiger partial charge in [0.2, 0.25) is 0 Å². The molecule has 0 aromatic heterocycles. The first kappa shape index (κ1) is 12.4. The fourth-order valence-electron chi connectivity index (χ4n) is 3.50. The van der Waals surface area contributed by atoms with Crippen LogP contribution in [0.4, 0.5) is 0 Å². The number of hydrogen-bond acceptors (Lipinski definition) is 2. The zero-order chi connectivity index (χ0) is 11.6. The van der Waals surface area contributed by atoms with Gasteiger partial charge in [-0.1, -0.05) is 26.7 Å². The summed E-state index contributed by atoms with van der Waals surface area (Å²) in [6.07, 6.45) is 8.20. The Labute approximate surface area is 101 Å².